The third-order valence-corrected chi connectivity index (χ3v) is 8.42. The Morgan fingerprint density at radius 1 is 1.03 bits per heavy atom. The van der Waals surface area contributed by atoms with Crippen molar-refractivity contribution in [3.05, 3.63) is 53.1 Å². The molecule has 2 aromatic carbocycles. The van der Waals surface area contributed by atoms with Crippen molar-refractivity contribution < 1.29 is 41.6 Å². The van der Waals surface area contributed by atoms with Gasteiger partial charge in [-0.3, -0.25) is 10.0 Å². The van der Waals surface area contributed by atoms with E-state index in [1.54, 1.807) is 0 Å². The number of hydroxylamine groups is 3. The minimum Gasteiger partial charge on any atom is -0.451 e. The third kappa shape index (κ3) is 6.57. The van der Waals surface area contributed by atoms with Gasteiger partial charge in [-0.2, -0.15) is 4.31 Å². The van der Waals surface area contributed by atoms with Crippen molar-refractivity contribution in [3.8, 4) is 11.5 Å². The maximum absolute atomic E-state index is 14.8. The van der Waals surface area contributed by atoms with Gasteiger partial charge in [0.05, 0.1) is 4.90 Å². The number of ether oxygens (including phenoxy) is 1. The lowest BCUT2D eigenvalue weighted by Gasteiger charge is -2.39. The zero-order valence-corrected chi connectivity index (χ0v) is 22.3. The summed E-state index contributed by atoms with van der Waals surface area (Å²) in [6.45, 7) is 1.21. The number of nitrogens with zero attached hydrogens (tertiary/aromatic N) is 4. The van der Waals surface area contributed by atoms with Gasteiger partial charge >= 0.3 is 6.09 Å². The summed E-state index contributed by atoms with van der Waals surface area (Å²) in [6.07, 6.45) is -0.798. The average molecular weight is 590 g/mol. The van der Waals surface area contributed by atoms with E-state index in [4.69, 9.17) is 21.2 Å². The quantitative estimate of drug-likeness (QED) is 0.383. The van der Waals surface area contributed by atoms with Gasteiger partial charge in [-0.15, -0.1) is 5.06 Å². The van der Waals surface area contributed by atoms with E-state index in [9.17, 15) is 32.0 Å². The highest BCUT2D eigenvalue weighted by molar-refractivity contribution is 7.89. The molecule has 0 spiro atoms. The number of carbonyl (C=O) groups excluding carboxylic acids is 2. The number of nitrogens with one attached hydrogen (secondary N) is 1. The summed E-state index contributed by atoms with van der Waals surface area (Å²) < 4.78 is 62.3. The van der Waals surface area contributed by atoms with Crippen molar-refractivity contribution in [2.24, 2.45) is 0 Å². The summed E-state index contributed by atoms with van der Waals surface area (Å²) in [6, 6.07) is 5.15. The summed E-state index contributed by atoms with van der Waals surface area (Å²) in [5.74, 6) is -4.52. The van der Waals surface area contributed by atoms with E-state index in [0.717, 1.165) is 4.90 Å². The lowest BCUT2D eigenvalue weighted by atomic mass is 10.2. The van der Waals surface area contributed by atoms with Crippen LogP contribution in [0.4, 0.5) is 13.6 Å². The number of rotatable bonds is 6. The smallest absolute Gasteiger partial charge is 0.429 e. The molecule has 12 nitrogen and oxygen atoms in total. The fourth-order valence-electron chi connectivity index (χ4n) is 4.09. The molecule has 2 heterocycles. The minimum absolute atomic E-state index is 0.0621. The van der Waals surface area contributed by atoms with Gasteiger partial charge in [-0.05, 0) is 43.4 Å². The second-order valence-corrected chi connectivity index (χ2v) is 11.2. The van der Waals surface area contributed by atoms with Gasteiger partial charge in [0.25, 0.3) is 5.91 Å². The number of halogens is 3. The van der Waals surface area contributed by atoms with Crippen LogP contribution in [-0.4, -0.2) is 104 Å². The van der Waals surface area contributed by atoms with E-state index in [1.165, 1.54) is 34.8 Å². The van der Waals surface area contributed by atoms with Gasteiger partial charge in [0, 0.05) is 50.8 Å². The van der Waals surface area contributed by atoms with Crippen LogP contribution in [0.3, 0.4) is 0 Å². The molecule has 2 N–H and O–H groups in total. The number of carbonyl (C=O) groups is 2. The Morgan fingerprint density at radius 3 is 2.23 bits per heavy atom. The Hall–Kier alpha value is -3.08. The summed E-state index contributed by atoms with van der Waals surface area (Å²) in [5.41, 5.74) is 1.38. The first-order chi connectivity index (χ1) is 18.5. The monoisotopic (exact) mass is 589 g/mol. The highest BCUT2D eigenvalue weighted by Crippen LogP contribution is 2.32. The number of amides is 2. The van der Waals surface area contributed by atoms with Crippen LogP contribution >= 0.6 is 11.6 Å². The molecule has 0 aromatic heterocycles. The minimum atomic E-state index is -4.68. The largest absolute Gasteiger partial charge is 0.451 e. The van der Waals surface area contributed by atoms with Crippen molar-refractivity contribution >= 4 is 33.6 Å². The fraction of sp³-hybridized carbons (Fsp3) is 0.391. The van der Waals surface area contributed by atoms with Crippen LogP contribution in [0, 0.1) is 11.6 Å². The van der Waals surface area contributed by atoms with E-state index >= 15 is 0 Å². The first-order valence-electron chi connectivity index (χ1n) is 11.8. The number of piperazine rings is 2. The van der Waals surface area contributed by atoms with E-state index < -0.39 is 63.4 Å². The Bertz CT molecular complexity index is 1300. The molecule has 2 amide bonds. The van der Waals surface area contributed by atoms with Crippen LogP contribution in [0.15, 0.2) is 41.3 Å². The highest BCUT2D eigenvalue weighted by Gasteiger charge is 2.42. The molecule has 2 aromatic rings. The van der Waals surface area contributed by atoms with Gasteiger partial charge in [0.15, 0.2) is 17.4 Å². The van der Waals surface area contributed by atoms with Gasteiger partial charge < -0.3 is 19.4 Å². The van der Waals surface area contributed by atoms with Crippen molar-refractivity contribution in [1.29, 1.82) is 0 Å². The van der Waals surface area contributed by atoms with Crippen molar-refractivity contribution in [2.45, 2.75) is 10.9 Å². The summed E-state index contributed by atoms with van der Waals surface area (Å²) in [4.78, 5) is 32.9. The Kier molecular flexibility index (Phi) is 8.88. The molecule has 39 heavy (non-hydrogen) atoms. The Morgan fingerprint density at radius 2 is 1.64 bits per heavy atom. The van der Waals surface area contributed by atoms with E-state index in [-0.39, 0.29) is 12.3 Å². The number of benzene rings is 2. The molecule has 16 heteroatoms. The van der Waals surface area contributed by atoms with Gasteiger partial charge in [-0.25, -0.2) is 27.5 Å². The molecule has 1 atom stereocenters. The summed E-state index contributed by atoms with van der Waals surface area (Å²) >= 11 is 5.79. The lowest BCUT2D eigenvalue weighted by molar-refractivity contribution is -0.140. The second kappa shape index (κ2) is 12.0. The SMILES string of the molecule is CN1CCN(OC(=O)N2CCN(S(=O)(=O)c3cc(F)c(Oc4ccc(Cl)cc4)c(F)c3)[C@@H](C(=O)NO)C2)CC1. The number of hydrogen-bond donors (Lipinski definition) is 2. The standard InChI is InChI=1S/C23H26ClF2N5O7S/c1-28-6-9-30(10-7-28)38-23(33)29-8-11-31(20(14-29)22(32)27-34)39(35,36)17-12-18(25)21(19(26)13-17)37-16-4-2-15(24)3-5-16/h2-5,12-13,20,34H,6-11,14H2,1H3,(H,27,32)/t20-/m1/s1. The van der Waals surface area contributed by atoms with Crippen LogP contribution in [0.2, 0.25) is 5.02 Å². The summed E-state index contributed by atoms with van der Waals surface area (Å²) in [7, 11) is -2.75. The number of hydrogen-bond acceptors (Lipinski definition) is 9. The van der Waals surface area contributed by atoms with Gasteiger partial charge in [0.2, 0.25) is 10.0 Å². The number of likely N-dealkylation sites (N-methyl/N-ethyl adjacent to an activating group) is 1. The Balaban J connectivity index is 1.52. The second-order valence-electron chi connectivity index (χ2n) is 8.92. The van der Waals surface area contributed by atoms with E-state index in [1.807, 2.05) is 7.05 Å². The zero-order valence-electron chi connectivity index (χ0n) is 20.7. The molecule has 0 bridgehead atoms. The van der Waals surface area contributed by atoms with Crippen LogP contribution in [0.25, 0.3) is 0 Å². The molecule has 2 aliphatic rings. The third-order valence-electron chi connectivity index (χ3n) is 6.28. The van der Waals surface area contributed by atoms with Crippen LogP contribution < -0.4 is 10.2 Å². The predicted octanol–water partition coefficient (Wildman–Crippen LogP) is 1.89. The first-order valence-corrected chi connectivity index (χ1v) is 13.6. The zero-order chi connectivity index (χ0) is 28.3. The molecule has 212 valence electrons. The summed E-state index contributed by atoms with van der Waals surface area (Å²) in [5, 5.41) is 11.1. The molecule has 2 fully saturated rings. The molecule has 0 radical (unpaired) electrons. The normalized spacial score (nSPS) is 19.5. The number of sulfonamides is 1. The topological polar surface area (TPSA) is 132 Å². The molecular formula is C23H26ClF2N5O7S. The fourth-order valence-corrected chi connectivity index (χ4v) is 5.82. The molecule has 2 saturated heterocycles. The average Bonchev–Trinajstić information content (AvgIpc) is 2.92. The van der Waals surface area contributed by atoms with Crippen LogP contribution in [-0.2, 0) is 19.7 Å². The van der Waals surface area contributed by atoms with E-state index in [0.29, 0.717) is 47.6 Å². The molecular weight excluding hydrogens is 564 g/mol. The first kappa shape index (κ1) is 28.9. The molecule has 0 saturated carbocycles. The lowest BCUT2D eigenvalue weighted by Crippen LogP contribution is -2.61. The molecule has 0 aliphatic carbocycles. The van der Waals surface area contributed by atoms with E-state index in [2.05, 4.69) is 4.90 Å². The van der Waals surface area contributed by atoms with Crippen molar-refractivity contribution in [3.63, 3.8) is 0 Å². The Labute approximate surface area is 228 Å². The van der Waals surface area contributed by atoms with Crippen molar-refractivity contribution in [1.82, 2.24) is 24.6 Å². The molecule has 4 rings (SSSR count). The van der Waals surface area contributed by atoms with Gasteiger partial charge in [0.1, 0.15) is 11.8 Å². The molecule has 0 unspecified atom stereocenters. The maximum Gasteiger partial charge on any atom is 0.429 e. The van der Waals surface area contributed by atoms with Gasteiger partial charge in [-0.1, -0.05) is 11.6 Å². The predicted molar refractivity (Wildman–Crippen MR) is 133 cm³/mol. The van der Waals surface area contributed by atoms with Crippen molar-refractivity contribution in [2.75, 3.05) is 52.9 Å². The van der Waals surface area contributed by atoms with Crippen LogP contribution in [0.1, 0.15) is 0 Å². The highest BCUT2D eigenvalue weighted by atomic mass is 35.5. The van der Waals surface area contributed by atoms with Crippen LogP contribution in [0.5, 0.6) is 11.5 Å². The maximum atomic E-state index is 14.8. The molecule has 2 aliphatic heterocycles.